The molecule has 1 fully saturated rings. The summed E-state index contributed by atoms with van der Waals surface area (Å²) < 4.78 is 0. The maximum absolute atomic E-state index is 12.1. The Kier molecular flexibility index (Phi) is 4.32. The topological polar surface area (TPSA) is 83.4 Å². The lowest BCUT2D eigenvalue weighted by Gasteiger charge is -2.39. The maximum Gasteiger partial charge on any atom is 0.309 e. The van der Waals surface area contributed by atoms with Gasteiger partial charge in [-0.3, -0.25) is 9.59 Å². The zero-order chi connectivity index (χ0) is 14.7. The van der Waals surface area contributed by atoms with Crippen LogP contribution < -0.4 is 0 Å². The Bertz CT molecular complexity index is 518. The number of piperidine rings is 1. The Morgan fingerprint density at radius 3 is 2.90 bits per heavy atom. The Hall–Kier alpha value is -1.98. The van der Waals surface area contributed by atoms with E-state index in [2.05, 4.69) is 9.97 Å². The average Bonchev–Trinajstić information content (AvgIpc) is 2.40. The SMILES string of the molecule is CCCN1C(=O)CCC(C(=O)O)C1c1ccnc(C)n1. The van der Waals surface area contributed by atoms with Crippen LogP contribution in [0.2, 0.25) is 0 Å². The van der Waals surface area contributed by atoms with Gasteiger partial charge < -0.3 is 10.0 Å². The van der Waals surface area contributed by atoms with Gasteiger partial charge in [-0.05, 0) is 25.8 Å². The van der Waals surface area contributed by atoms with E-state index < -0.39 is 17.9 Å². The summed E-state index contributed by atoms with van der Waals surface area (Å²) in [5.74, 6) is -0.889. The minimum absolute atomic E-state index is 0.00520. The minimum Gasteiger partial charge on any atom is -0.481 e. The van der Waals surface area contributed by atoms with Gasteiger partial charge in [0.05, 0.1) is 17.7 Å². The molecule has 0 bridgehead atoms. The highest BCUT2D eigenvalue weighted by Gasteiger charge is 2.41. The number of aromatic nitrogens is 2. The van der Waals surface area contributed by atoms with Crippen LogP contribution in [0.5, 0.6) is 0 Å². The van der Waals surface area contributed by atoms with Crippen LogP contribution in [0.15, 0.2) is 12.3 Å². The summed E-state index contributed by atoms with van der Waals surface area (Å²) in [5, 5.41) is 9.43. The predicted octanol–water partition coefficient (Wildman–Crippen LogP) is 1.56. The quantitative estimate of drug-likeness (QED) is 0.903. The van der Waals surface area contributed by atoms with Gasteiger partial charge in [-0.25, -0.2) is 9.97 Å². The van der Waals surface area contributed by atoms with Crippen LogP contribution in [0.4, 0.5) is 0 Å². The highest BCUT2D eigenvalue weighted by molar-refractivity contribution is 5.81. The lowest BCUT2D eigenvalue weighted by molar-refractivity contribution is -0.152. The number of aliphatic carboxylic acids is 1. The van der Waals surface area contributed by atoms with Gasteiger partial charge in [0, 0.05) is 19.2 Å². The van der Waals surface area contributed by atoms with Gasteiger partial charge in [0.1, 0.15) is 5.82 Å². The number of amides is 1. The highest BCUT2D eigenvalue weighted by Crippen LogP contribution is 2.36. The fraction of sp³-hybridized carbons (Fsp3) is 0.571. The largest absolute Gasteiger partial charge is 0.481 e. The van der Waals surface area contributed by atoms with Crippen molar-refractivity contribution < 1.29 is 14.7 Å². The van der Waals surface area contributed by atoms with E-state index in [0.29, 0.717) is 24.5 Å². The summed E-state index contributed by atoms with van der Waals surface area (Å²) in [6.07, 6.45) is 3.05. The third kappa shape index (κ3) is 2.79. The van der Waals surface area contributed by atoms with Crippen LogP contribution in [0, 0.1) is 12.8 Å². The van der Waals surface area contributed by atoms with Gasteiger partial charge >= 0.3 is 5.97 Å². The molecule has 1 aromatic heterocycles. The number of aryl methyl sites for hydroxylation is 1. The van der Waals surface area contributed by atoms with E-state index >= 15 is 0 Å². The molecular weight excluding hydrogens is 258 g/mol. The van der Waals surface area contributed by atoms with Crippen LogP contribution in [-0.4, -0.2) is 38.4 Å². The first-order chi connectivity index (χ1) is 9.54. The van der Waals surface area contributed by atoms with Crippen molar-refractivity contribution >= 4 is 11.9 Å². The fourth-order valence-electron chi connectivity index (χ4n) is 2.72. The number of rotatable bonds is 4. The molecule has 0 saturated carbocycles. The molecule has 0 aliphatic carbocycles. The normalized spacial score (nSPS) is 22.9. The standard InChI is InChI=1S/C14H19N3O3/c1-3-8-17-12(18)5-4-10(14(19)20)13(17)11-6-7-15-9(2)16-11/h6-7,10,13H,3-5,8H2,1-2H3,(H,19,20). The summed E-state index contributed by atoms with van der Waals surface area (Å²) >= 11 is 0. The van der Waals surface area contributed by atoms with E-state index in [9.17, 15) is 14.7 Å². The first-order valence-electron chi connectivity index (χ1n) is 6.86. The number of carbonyl (C=O) groups is 2. The molecule has 2 unspecified atom stereocenters. The smallest absolute Gasteiger partial charge is 0.309 e. The van der Waals surface area contributed by atoms with Gasteiger partial charge in [-0.15, -0.1) is 0 Å². The zero-order valence-corrected chi connectivity index (χ0v) is 11.7. The van der Waals surface area contributed by atoms with Crippen molar-refractivity contribution in [2.45, 2.75) is 39.2 Å². The predicted molar refractivity (Wildman–Crippen MR) is 71.9 cm³/mol. The van der Waals surface area contributed by atoms with Crippen LogP contribution in [0.1, 0.15) is 43.7 Å². The number of hydrogen-bond donors (Lipinski definition) is 1. The van der Waals surface area contributed by atoms with Crippen LogP contribution >= 0.6 is 0 Å². The molecule has 20 heavy (non-hydrogen) atoms. The van der Waals surface area contributed by atoms with Crippen LogP contribution in [0.25, 0.3) is 0 Å². The van der Waals surface area contributed by atoms with Gasteiger partial charge in [-0.1, -0.05) is 6.92 Å². The molecular formula is C14H19N3O3. The van der Waals surface area contributed by atoms with Crippen molar-refractivity contribution in [3.05, 3.63) is 23.8 Å². The second-order valence-electron chi connectivity index (χ2n) is 5.04. The van der Waals surface area contributed by atoms with Gasteiger partial charge in [0.25, 0.3) is 0 Å². The summed E-state index contributed by atoms with van der Waals surface area (Å²) in [7, 11) is 0. The Balaban J connectivity index is 2.42. The first kappa shape index (κ1) is 14.4. The number of carbonyl (C=O) groups excluding carboxylic acids is 1. The van der Waals surface area contributed by atoms with Crippen molar-refractivity contribution in [1.29, 1.82) is 0 Å². The molecule has 108 valence electrons. The second kappa shape index (κ2) is 5.98. The molecule has 0 spiro atoms. The molecule has 2 rings (SSSR count). The van der Waals surface area contributed by atoms with E-state index in [1.165, 1.54) is 0 Å². The van der Waals surface area contributed by atoms with Crippen molar-refractivity contribution in [2.75, 3.05) is 6.54 Å². The summed E-state index contributed by atoms with van der Waals surface area (Å²) in [4.78, 5) is 33.6. The summed E-state index contributed by atoms with van der Waals surface area (Å²) in [6, 6.07) is 1.21. The maximum atomic E-state index is 12.1. The van der Waals surface area contributed by atoms with Crippen LogP contribution in [-0.2, 0) is 9.59 Å². The zero-order valence-electron chi connectivity index (χ0n) is 11.7. The molecule has 6 nitrogen and oxygen atoms in total. The van der Waals surface area contributed by atoms with E-state index in [1.54, 1.807) is 24.1 Å². The van der Waals surface area contributed by atoms with E-state index in [0.717, 1.165) is 6.42 Å². The number of likely N-dealkylation sites (tertiary alicyclic amines) is 1. The third-order valence-corrected chi connectivity index (χ3v) is 3.59. The first-order valence-corrected chi connectivity index (χ1v) is 6.86. The van der Waals surface area contributed by atoms with E-state index in [-0.39, 0.29) is 12.3 Å². The molecule has 1 aromatic rings. The molecule has 0 radical (unpaired) electrons. The Labute approximate surface area is 117 Å². The number of carboxylic acid groups (broad SMARTS) is 1. The average molecular weight is 277 g/mol. The molecule has 2 atom stereocenters. The molecule has 6 heteroatoms. The van der Waals surface area contributed by atoms with E-state index in [1.807, 2.05) is 6.92 Å². The summed E-state index contributed by atoms with van der Waals surface area (Å²) in [5.41, 5.74) is 0.617. The number of carboxylic acids is 1. The number of nitrogens with zero attached hydrogens (tertiary/aromatic N) is 3. The van der Waals surface area contributed by atoms with Crippen molar-refractivity contribution in [1.82, 2.24) is 14.9 Å². The summed E-state index contributed by atoms with van der Waals surface area (Å²) in [6.45, 7) is 4.28. The lowest BCUT2D eigenvalue weighted by atomic mass is 9.86. The second-order valence-corrected chi connectivity index (χ2v) is 5.04. The Morgan fingerprint density at radius 2 is 2.30 bits per heavy atom. The van der Waals surface area contributed by atoms with Crippen molar-refractivity contribution in [3.8, 4) is 0 Å². The van der Waals surface area contributed by atoms with E-state index in [4.69, 9.17) is 0 Å². The third-order valence-electron chi connectivity index (χ3n) is 3.59. The van der Waals surface area contributed by atoms with Gasteiger partial charge in [-0.2, -0.15) is 0 Å². The van der Waals surface area contributed by atoms with Crippen molar-refractivity contribution in [3.63, 3.8) is 0 Å². The minimum atomic E-state index is -0.875. The van der Waals surface area contributed by atoms with Crippen molar-refractivity contribution in [2.24, 2.45) is 5.92 Å². The highest BCUT2D eigenvalue weighted by atomic mass is 16.4. The lowest BCUT2D eigenvalue weighted by Crippen LogP contribution is -2.46. The molecule has 1 aliphatic rings. The molecule has 0 aromatic carbocycles. The van der Waals surface area contributed by atoms with Gasteiger partial charge in [0.15, 0.2) is 0 Å². The molecule has 1 amide bonds. The van der Waals surface area contributed by atoms with Crippen LogP contribution in [0.3, 0.4) is 0 Å². The molecule has 1 saturated heterocycles. The molecule has 1 N–H and O–H groups in total. The fourth-order valence-corrected chi connectivity index (χ4v) is 2.72. The Morgan fingerprint density at radius 1 is 1.55 bits per heavy atom. The number of hydrogen-bond acceptors (Lipinski definition) is 4. The molecule has 1 aliphatic heterocycles. The van der Waals surface area contributed by atoms with Gasteiger partial charge in [0.2, 0.25) is 5.91 Å². The monoisotopic (exact) mass is 277 g/mol. The molecule has 2 heterocycles.